The molecule has 6 nitrogen and oxygen atoms in total. The summed E-state index contributed by atoms with van der Waals surface area (Å²) in [6, 6.07) is 8.17. The number of carboxylic acid groups (broad SMARTS) is 1. The maximum Gasteiger partial charge on any atom is 0.404 e. The highest BCUT2D eigenvalue weighted by Crippen LogP contribution is 2.35. The summed E-state index contributed by atoms with van der Waals surface area (Å²) < 4.78 is 0. The third kappa shape index (κ3) is 5.88. The zero-order valence-corrected chi connectivity index (χ0v) is 16.2. The van der Waals surface area contributed by atoms with Gasteiger partial charge in [0, 0.05) is 29.6 Å². The van der Waals surface area contributed by atoms with E-state index in [2.05, 4.69) is 41.8 Å². The summed E-state index contributed by atoms with van der Waals surface area (Å²) in [5.41, 5.74) is 1.35. The molecule has 0 atom stereocenters. The van der Waals surface area contributed by atoms with Crippen molar-refractivity contribution in [3.8, 4) is 0 Å². The lowest BCUT2D eigenvalue weighted by atomic mass is 9.75. The van der Waals surface area contributed by atoms with Gasteiger partial charge in [0.2, 0.25) is 5.91 Å². The van der Waals surface area contributed by atoms with E-state index in [0.717, 1.165) is 37.1 Å². The van der Waals surface area contributed by atoms with Gasteiger partial charge in [-0.1, -0.05) is 23.7 Å². The standard InChI is InChI=1S/C19H28ClN3O3/c1-23(2)19(13-14-3-5-15(20)6-4-14)10-7-16(8-11-19)22-17(24)9-12-21-18(25)26/h3-6,16,21H,7-13H2,1-2H3,(H,22,24)(H,25,26). The van der Waals surface area contributed by atoms with Gasteiger partial charge >= 0.3 is 6.09 Å². The first-order valence-corrected chi connectivity index (χ1v) is 9.36. The number of amides is 2. The Bertz CT molecular complexity index is 611. The van der Waals surface area contributed by atoms with Crippen molar-refractivity contribution in [2.75, 3.05) is 20.6 Å². The van der Waals surface area contributed by atoms with Crippen LogP contribution in [0.1, 0.15) is 37.7 Å². The molecule has 1 aromatic carbocycles. The molecule has 1 saturated carbocycles. The van der Waals surface area contributed by atoms with Crippen molar-refractivity contribution in [1.29, 1.82) is 0 Å². The molecule has 0 radical (unpaired) electrons. The van der Waals surface area contributed by atoms with Gasteiger partial charge in [0.25, 0.3) is 0 Å². The van der Waals surface area contributed by atoms with E-state index in [4.69, 9.17) is 16.7 Å². The van der Waals surface area contributed by atoms with E-state index < -0.39 is 6.09 Å². The van der Waals surface area contributed by atoms with Gasteiger partial charge in [-0.3, -0.25) is 4.79 Å². The largest absolute Gasteiger partial charge is 0.465 e. The van der Waals surface area contributed by atoms with Gasteiger partial charge in [-0.15, -0.1) is 0 Å². The van der Waals surface area contributed by atoms with Gasteiger partial charge in [-0.05, 0) is 63.9 Å². The summed E-state index contributed by atoms with van der Waals surface area (Å²) in [4.78, 5) is 24.7. The molecule has 0 saturated heterocycles. The average Bonchev–Trinajstić information content (AvgIpc) is 2.58. The van der Waals surface area contributed by atoms with Gasteiger partial charge in [-0.2, -0.15) is 0 Å². The molecule has 1 aliphatic carbocycles. The summed E-state index contributed by atoms with van der Waals surface area (Å²) in [5.74, 6) is -0.0983. The van der Waals surface area contributed by atoms with Crippen molar-refractivity contribution in [3.63, 3.8) is 0 Å². The molecular weight excluding hydrogens is 354 g/mol. The molecule has 0 heterocycles. The molecule has 0 aliphatic heterocycles. The second kappa shape index (κ2) is 9.24. The third-order valence-electron chi connectivity index (χ3n) is 5.30. The van der Waals surface area contributed by atoms with Crippen molar-refractivity contribution in [1.82, 2.24) is 15.5 Å². The first-order chi connectivity index (χ1) is 12.3. The van der Waals surface area contributed by atoms with Crippen LogP contribution < -0.4 is 10.6 Å². The van der Waals surface area contributed by atoms with Gasteiger partial charge in [-0.25, -0.2) is 4.79 Å². The first kappa shape index (κ1) is 20.5. The third-order valence-corrected chi connectivity index (χ3v) is 5.56. The number of rotatable bonds is 7. The predicted molar refractivity (Wildman–Crippen MR) is 103 cm³/mol. The Morgan fingerprint density at radius 2 is 1.85 bits per heavy atom. The second-order valence-corrected chi connectivity index (χ2v) is 7.68. The number of benzene rings is 1. The molecule has 1 aliphatic rings. The Morgan fingerprint density at radius 3 is 2.38 bits per heavy atom. The van der Waals surface area contributed by atoms with Gasteiger partial charge in [0.1, 0.15) is 0 Å². The topological polar surface area (TPSA) is 81.7 Å². The monoisotopic (exact) mass is 381 g/mol. The van der Waals surface area contributed by atoms with Crippen LogP contribution in [0.15, 0.2) is 24.3 Å². The molecule has 0 unspecified atom stereocenters. The van der Waals surface area contributed by atoms with Crippen LogP contribution in [0.4, 0.5) is 4.79 Å². The Balaban J connectivity index is 1.87. The molecular formula is C19H28ClN3O3. The fourth-order valence-corrected chi connectivity index (χ4v) is 3.77. The molecule has 0 bridgehead atoms. The van der Waals surface area contributed by atoms with E-state index in [-0.39, 0.29) is 30.5 Å². The zero-order chi connectivity index (χ0) is 19.2. The summed E-state index contributed by atoms with van der Waals surface area (Å²) in [7, 11) is 4.23. The second-order valence-electron chi connectivity index (χ2n) is 7.25. The van der Waals surface area contributed by atoms with Gasteiger partial charge in [0.05, 0.1) is 0 Å². The number of likely N-dealkylation sites (N-methyl/N-ethyl adjacent to an activating group) is 1. The van der Waals surface area contributed by atoms with E-state index >= 15 is 0 Å². The van der Waals surface area contributed by atoms with E-state index in [0.29, 0.717) is 0 Å². The van der Waals surface area contributed by atoms with E-state index in [1.54, 1.807) is 0 Å². The summed E-state index contributed by atoms with van der Waals surface area (Å²) in [6.45, 7) is 0.145. The van der Waals surface area contributed by atoms with Crippen molar-refractivity contribution >= 4 is 23.6 Å². The van der Waals surface area contributed by atoms with Crippen LogP contribution in [0.3, 0.4) is 0 Å². The maximum absolute atomic E-state index is 11.9. The maximum atomic E-state index is 11.9. The fraction of sp³-hybridized carbons (Fsp3) is 0.579. The number of nitrogens with one attached hydrogen (secondary N) is 2. The molecule has 2 rings (SSSR count). The minimum Gasteiger partial charge on any atom is -0.465 e. The van der Waals surface area contributed by atoms with Gasteiger partial charge < -0.3 is 20.6 Å². The lowest BCUT2D eigenvalue weighted by Gasteiger charge is -2.45. The molecule has 144 valence electrons. The van der Waals surface area contributed by atoms with Crippen LogP contribution >= 0.6 is 11.6 Å². The molecule has 0 spiro atoms. The molecule has 7 heteroatoms. The van der Waals surface area contributed by atoms with Crippen LogP contribution in [0.5, 0.6) is 0 Å². The Kier molecular flexibility index (Phi) is 7.29. The number of nitrogens with zero attached hydrogens (tertiary/aromatic N) is 1. The highest BCUT2D eigenvalue weighted by Gasteiger charge is 2.37. The van der Waals surface area contributed by atoms with Crippen LogP contribution in [0.2, 0.25) is 5.02 Å². The molecule has 0 aromatic heterocycles. The van der Waals surface area contributed by atoms with Crippen LogP contribution in [0.25, 0.3) is 0 Å². The number of hydrogen-bond acceptors (Lipinski definition) is 3. The van der Waals surface area contributed by atoms with Crippen molar-refractivity contribution < 1.29 is 14.7 Å². The van der Waals surface area contributed by atoms with E-state index in [1.165, 1.54) is 5.56 Å². The van der Waals surface area contributed by atoms with Crippen LogP contribution in [-0.2, 0) is 11.2 Å². The Hall–Kier alpha value is -1.79. The minimum atomic E-state index is -1.10. The van der Waals surface area contributed by atoms with Crippen molar-refractivity contribution in [3.05, 3.63) is 34.9 Å². The van der Waals surface area contributed by atoms with Crippen molar-refractivity contribution in [2.24, 2.45) is 0 Å². The zero-order valence-electron chi connectivity index (χ0n) is 15.4. The summed E-state index contributed by atoms with van der Waals surface area (Å²) >= 11 is 5.99. The predicted octanol–water partition coefficient (Wildman–Crippen LogP) is 2.90. The lowest BCUT2D eigenvalue weighted by molar-refractivity contribution is -0.122. The number of carbonyl (C=O) groups excluding carboxylic acids is 1. The molecule has 3 N–H and O–H groups in total. The summed E-state index contributed by atoms with van der Waals surface area (Å²) in [6.07, 6.45) is 3.87. The molecule has 1 fully saturated rings. The average molecular weight is 382 g/mol. The fourth-order valence-electron chi connectivity index (χ4n) is 3.65. The highest BCUT2D eigenvalue weighted by atomic mass is 35.5. The number of halogens is 1. The van der Waals surface area contributed by atoms with E-state index in [1.807, 2.05) is 12.1 Å². The summed E-state index contributed by atoms with van der Waals surface area (Å²) in [5, 5.41) is 14.5. The highest BCUT2D eigenvalue weighted by molar-refractivity contribution is 6.30. The first-order valence-electron chi connectivity index (χ1n) is 8.99. The Morgan fingerprint density at radius 1 is 1.23 bits per heavy atom. The molecule has 1 aromatic rings. The van der Waals surface area contributed by atoms with Crippen LogP contribution in [0, 0.1) is 0 Å². The smallest absolute Gasteiger partial charge is 0.404 e. The number of carbonyl (C=O) groups is 2. The number of hydrogen-bond donors (Lipinski definition) is 3. The quantitative estimate of drug-likeness (QED) is 0.678. The SMILES string of the molecule is CN(C)C1(Cc2ccc(Cl)cc2)CCC(NC(=O)CCNC(=O)O)CC1. The molecule has 2 amide bonds. The van der Waals surface area contributed by atoms with E-state index in [9.17, 15) is 9.59 Å². The lowest BCUT2D eigenvalue weighted by Crippen LogP contribution is -2.52. The van der Waals surface area contributed by atoms with Crippen molar-refractivity contribution in [2.45, 2.75) is 50.1 Å². The minimum absolute atomic E-state index is 0.0833. The normalized spacial score (nSPS) is 22.8. The van der Waals surface area contributed by atoms with Crippen LogP contribution in [-0.4, -0.2) is 54.2 Å². The Labute approximate surface area is 159 Å². The molecule has 26 heavy (non-hydrogen) atoms. The van der Waals surface area contributed by atoms with Gasteiger partial charge in [0.15, 0.2) is 0 Å².